The topological polar surface area (TPSA) is 112 Å². The van der Waals surface area contributed by atoms with Crippen LogP contribution in [-0.4, -0.2) is 33.2 Å². The lowest BCUT2D eigenvalue weighted by Gasteiger charge is -2.10. The maximum atomic E-state index is 11.1. The molecule has 0 heterocycles. The van der Waals surface area contributed by atoms with Crippen LogP contribution in [0.25, 0.3) is 0 Å². The molecule has 0 spiro atoms. The molecule has 3 N–H and O–H groups in total. The van der Waals surface area contributed by atoms with Gasteiger partial charge in [0.2, 0.25) is 0 Å². The normalized spacial score (nSPS) is 9.78. The highest BCUT2D eigenvalue weighted by Gasteiger charge is 2.26. The Morgan fingerprint density at radius 3 is 1.94 bits per heavy atom. The largest absolute Gasteiger partial charge is 0.478 e. The van der Waals surface area contributed by atoms with Gasteiger partial charge in [0, 0.05) is 0 Å². The fourth-order valence-corrected chi connectivity index (χ4v) is 1.62. The number of carboxylic acid groups (broad SMARTS) is 3. The summed E-state index contributed by atoms with van der Waals surface area (Å²) >= 11 is 0. The summed E-state index contributed by atoms with van der Waals surface area (Å²) in [6, 6.07) is 2.36. The van der Waals surface area contributed by atoms with Crippen molar-refractivity contribution in [2.45, 2.75) is 6.42 Å². The lowest BCUT2D eigenvalue weighted by atomic mass is 9.94. The first-order valence-corrected chi connectivity index (χ1v) is 4.86. The van der Waals surface area contributed by atoms with Crippen molar-refractivity contribution >= 4 is 17.9 Å². The third-order valence-electron chi connectivity index (χ3n) is 2.31. The molecule has 0 unspecified atom stereocenters. The molecule has 0 atom stereocenters. The monoisotopic (exact) mass is 250 g/mol. The molecule has 94 valence electrons. The molecule has 1 rings (SSSR count). The molecule has 0 saturated carbocycles. The highest BCUT2D eigenvalue weighted by atomic mass is 16.4. The molecule has 0 fully saturated rings. The van der Waals surface area contributed by atoms with Gasteiger partial charge >= 0.3 is 17.9 Å². The van der Waals surface area contributed by atoms with Gasteiger partial charge in [-0.25, -0.2) is 14.4 Å². The fraction of sp³-hybridized carbons (Fsp3) is 0.0833. The quantitative estimate of drug-likeness (QED) is 0.683. The zero-order chi connectivity index (χ0) is 13.9. The minimum absolute atomic E-state index is 0.141. The molecule has 0 radical (unpaired) electrons. The Kier molecular flexibility index (Phi) is 3.83. The summed E-state index contributed by atoms with van der Waals surface area (Å²) in [6.07, 6.45) is 1.55. The maximum absolute atomic E-state index is 11.1. The van der Waals surface area contributed by atoms with Gasteiger partial charge in [0.25, 0.3) is 0 Å². The fourth-order valence-electron chi connectivity index (χ4n) is 1.62. The number of carbonyl (C=O) groups is 3. The van der Waals surface area contributed by atoms with Gasteiger partial charge in [0.05, 0.1) is 16.7 Å². The van der Waals surface area contributed by atoms with Crippen LogP contribution in [-0.2, 0) is 6.42 Å². The second kappa shape index (κ2) is 5.13. The van der Waals surface area contributed by atoms with E-state index >= 15 is 0 Å². The van der Waals surface area contributed by atoms with Crippen molar-refractivity contribution in [3.8, 4) is 0 Å². The molecule has 0 amide bonds. The molecular weight excluding hydrogens is 240 g/mol. The SMILES string of the molecule is C=CCc1ccc(C(=O)O)c(C(=O)O)c1C(=O)O. The third-order valence-corrected chi connectivity index (χ3v) is 2.31. The van der Waals surface area contributed by atoms with Gasteiger partial charge in [0.1, 0.15) is 0 Å². The molecule has 1 aromatic carbocycles. The van der Waals surface area contributed by atoms with Gasteiger partial charge < -0.3 is 15.3 Å². The van der Waals surface area contributed by atoms with Crippen LogP contribution in [0, 0.1) is 0 Å². The van der Waals surface area contributed by atoms with Crippen LogP contribution in [0.15, 0.2) is 24.8 Å². The average molecular weight is 250 g/mol. The summed E-state index contributed by atoms with van der Waals surface area (Å²) in [4.78, 5) is 33.1. The van der Waals surface area contributed by atoms with Crippen molar-refractivity contribution in [2.24, 2.45) is 0 Å². The first-order chi connectivity index (χ1) is 8.40. The summed E-state index contributed by atoms with van der Waals surface area (Å²) in [6.45, 7) is 3.43. The van der Waals surface area contributed by atoms with Crippen molar-refractivity contribution in [3.05, 3.63) is 47.0 Å². The molecule has 6 nitrogen and oxygen atoms in total. The number of benzene rings is 1. The van der Waals surface area contributed by atoms with Crippen LogP contribution < -0.4 is 0 Å². The van der Waals surface area contributed by atoms with Gasteiger partial charge in [-0.05, 0) is 18.1 Å². The molecular formula is C12H10O6. The van der Waals surface area contributed by atoms with E-state index in [2.05, 4.69) is 6.58 Å². The minimum atomic E-state index is -1.59. The standard InChI is InChI=1S/C12H10O6/c1-2-3-6-4-5-7(10(13)14)9(12(17)18)8(6)11(15)16/h2,4-5H,1,3H2,(H,13,14)(H,15,16)(H,17,18). The average Bonchev–Trinajstić information content (AvgIpc) is 2.27. The molecule has 1 aromatic rings. The van der Waals surface area contributed by atoms with Gasteiger partial charge in [-0.3, -0.25) is 0 Å². The smallest absolute Gasteiger partial charge is 0.337 e. The predicted molar refractivity (Wildman–Crippen MR) is 61.2 cm³/mol. The molecule has 0 bridgehead atoms. The minimum Gasteiger partial charge on any atom is -0.478 e. The Labute approximate surface area is 102 Å². The highest BCUT2D eigenvalue weighted by molar-refractivity contribution is 6.09. The van der Waals surface area contributed by atoms with Gasteiger partial charge in [-0.15, -0.1) is 6.58 Å². The molecule has 0 aliphatic rings. The van der Waals surface area contributed by atoms with E-state index in [-0.39, 0.29) is 12.0 Å². The van der Waals surface area contributed by atoms with Gasteiger partial charge in [-0.2, -0.15) is 0 Å². The number of allylic oxidation sites excluding steroid dienone is 1. The molecule has 0 aromatic heterocycles. The second-order valence-electron chi connectivity index (χ2n) is 3.43. The Bertz CT molecular complexity index is 544. The summed E-state index contributed by atoms with van der Waals surface area (Å²) in [5, 5.41) is 26.9. The number of hydrogen-bond donors (Lipinski definition) is 3. The molecule has 6 heteroatoms. The number of carboxylic acids is 3. The van der Waals surface area contributed by atoms with Crippen LogP contribution in [0.1, 0.15) is 36.6 Å². The zero-order valence-electron chi connectivity index (χ0n) is 9.21. The first-order valence-electron chi connectivity index (χ1n) is 4.86. The Balaban J connectivity index is 3.70. The van der Waals surface area contributed by atoms with E-state index < -0.39 is 34.6 Å². The number of rotatable bonds is 5. The maximum Gasteiger partial charge on any atom is 0.337 e. The molecule has 18 heavy (non-hydrogen) atoms. The summed E-state index contributed by atoms with van der Waals surface area (Å²) in [5.41, 5.74) is -1.57. The van der Waals surface area contributed by atoms with Crippen LogP contribution >= 0.6 is 0 Å². The van der Waals surface area contributed by atoms with Crippen molar-refractivity contribution < 1.29 is 29.7 Å². The second-order valence-corrected chi connectivity index (χ2v) is 3.43. The van der Waals surface area contributed by atoms with Crippen molar-refractivity contribution in [1.29, 1.82) is 0 Å². The lowest BCUT2D eigenvalue weighted by Crippen LogP contribution is -2.17. The predicted octanol–water partition coefficient (Wildman–Crippen LogP) is 1.51. The first kappa shape index (κ1) is 13.4. The van der Waals surface area contributed by atoms with E-state index in [1.54, 1.807) is 0 Å². The van der Waals surface area contributed by atoms with Crippen LogP contribution in [0.3, 0.4) is 0 Å². The van der Waals surface area contributed by atoms with Crippen LogP contribution in [0.4, 0.5) is 0 Å². The zero-order valence-corrected chi connectivity index (χ0v) is 9.21. The molecule has 0 aliphatic carbocycles. The summed E-state index contributed by atoms with van der Waals surface area (Å²) in [7, 11) is 0. The Morgan fingerprint density at radius 2 is 1.56 bits per heavy atom. The number of hydrogen-bond acceptors (Lipinski definition) is 3. The summed E-state index contributed by atoms with van der Waals surface area (Å²) in [5.74, 6) is -4.55. The van der Waals surface area contributed by atoms with E-state index in [9.17, 15) is 14.4 Å². The van der Waals surface area contributed by atoms with E-state index in [4.69, 9.17) is 15.3 Å². The van der Waals surface area contributed by atoms with Crippen LogP contribution in [0.5, 0.6) is 0 Å². The molecule has 0 saturated heterocycles. The van der Waals surface area contributed by atoms with Crippen molar-refractivity contribution in [2.75, 3.05) is 0 Å². The van der Waals surface area contributed by atoms with E-state index in [1.807, 2.05) is 0 Å². The lowest BCUT2D eigenvalue weighted by molar-refractivity contribution is 0.0632. The van der Waals surface area contributed by atoms with Gasteiger partial charge in [0.15, 0.2) is 0 Å². The Hall–Kier alpha value is -2.63. The number of aromatic carboxylic acids is 3. The summed E-state index contributed by atoms with van der Waals surface area (Å²) < 4.78 is 0. The van der Waals surface area contributed by atoms with E-state index in [1.165, 1.54) is 12.1 Å². The Morgan fingerprint density at radius 1 is 1.00 bits per heavy atom. The van der Waals surface area contributed by atoms with Gasteiger partial charge in [-0.1, -0.05) is 12.1 Å². The van der Waals surface area contributed by atoms with Crippen molar-refractivity contribution in [3.63, 3.8) is 0 Å². The van der Waals surface area contributed by atoms with Crippen molar-refractivity contribution in [1.82, 2.24) is 0 Å². The van der Waals surface area contributed by atoms with E-state index in [0.29, 0.717) is 0 Å². The molecule has 0 aliphatic heterocycles. The van der Waals surface area contributed by atoms with Crippen LogP contribution in [0.2, 0.25) is 0 Å². The van der Waals surface area contributed by atoms with E-state index in [0.717, 1.165) is 6.07 Å². The highest BCUT2D eigenvalue weighted by Crippen LogP contribution is 2.21. The third kappa shape index (κ3) is 2.37.